The van der Waals surface area contributed by atoms with Gasteiger partial charge in [0.2, 0.25) is 0 Å². The van der Waals surface area contributed by atoms with E-state index in [4.69, 9.17) is 4.74 Å². The lowest BCUT2D eigenvalue weighted by atomic mass is 10.1. The van der Waals surface area contributed by atoms with Gasteiger partial charge in [0, 0.05) is 13.1 Å². The highest BCUT2D eigenvalue weighted by Crippen LogP contribution is 2.12. The van der Waals surface area contributed by atoms with Crippen molar-refractivity contribution in [2.75, 3.05) is 13.1 Å². The Morgan fingerprint density at radius 3 is 2.36 bits per heavy atom. The summed E-state index contributed by atoms with van der Waals surface area (Å²) in [4.78, 5) is 4.56. The lowest BCUT2D eigenvalue weighted by molar-refractivity contribution is 0.306. The molecule has 2 aromatic carbocycles. The first kappa shape index (κ1) is 21.0. The maximum Gasteiger partial charge on any atom is 0.191 e. The molecule has 0 saturated heterocycles. The van der Waals surface area contributed by atoms with Crippen LogP contribution in [0.5, 0.6) is 5.75 Å². The van der Waals surface area contributed by atoms with Crippen molar-refractivity contribution in [2.24, 2.45) is 4.99 Å². The number of halogens is 1. The Hall–Kier alpha value is -2.02. The molecular formula is C20H26IN3O. The van der Waals surface area contributed by atoms with Crippen LogP contribution in [0.15, 0.2) is 72.2 Å². The summed E-state index contributed by atoms with van der Waals surface area (Å²) >= 11 is 0. The molecule has 2 N–H and O–H groups in total. The molecule has 4 nitrogen and oxygen atoms in total. The third-order valence-electron chi connectivity index (χ3n) is 3.35. The van der Waals surface area contributed by atoms with Gasteiger partial charge in [-0.25, -0.2) is 4.99 Å². The average Bonchev–Trinajstić information content (AvgIpc) is 2.64. The van der Waals surface area contributed by atoms with Crippen LogP contribution in [-0.4, -0.2) is 19.0 Å². The predicted octanol–water partition coefficient (Wildman–Crippen LogP) is 4.12. The van der Waals surface area contributed by atoms with Crippen molar-refractivity contribution >= 4 is 29.9 Å². The second-order valence-electron chi connectivity index (χ2n) is 5.28. The molecule has 0 spiro atoms. The number of nitrogens with zero attached hydrogens (tertiary/aromatic N) is 1. The molecule has 0 saturated carbocycles. The summed E-state index contributed by atoms with van der Waals surface area (Å²) in [5, 5.41) is 6.40. The predicted molar refractivity (Wildman–Crippen MR) is 116 cm³/mol. The summed E-state index contributed by atoms with van der Waals surface area (Å²) in [5.74, 6) is 1.68. The van der Waals surface area contributed by atoms with Gasteiger partial charge in [-0.2, -0.15) is 0 Å². The van der Waals surface area contributed by atoms with Crippen molar-refractivity contribution < 1.29 is 4.74 Å². The van der Waals surface area contributed by atoms with E-state index in [0.29, 0.717) is 19.7 Å². The van der Waals surface area contributed by atoms with Gasteiger partial charge in [0.1, 0.15) is 12.4 Å². The van der Waals surface area contributed by atoms with E-state index >= 15 is 0 Å². The van der Waals surface area contributed by atoms with E-state index in [-0.39, 0.29) is 24.0 Å². The number of rotatable bonds is 8. The van der Waals surface area contributed by atoms with Gasteiger partial charge in [0.05, 0.1) is 6.54 Å². The Kier molecular flexibility index (Phi) is 10.4. The second kappa shape index (κ2) is 12.4. The fraction of sp³-hybridized carbons (Fsp3) is 0.250. The number of guanidine groups is 1. The molecule has 0 fully saturated rings. The molecule has 0 unspecified atom stereocenters. The molecule has 0 atom stereocenters. The highest BCUT2D eigenvalue weighted by atomic mass is 127. The van der Waals surface area contributed by atoms with Crippen molar-refractivity contribution in [3.8, 4) is 5.75 Å². The first-order valence-electron chi connectivity index (χ1n) is 8.20. The minimum Gasteiger partial charge on any atom is -0.489 e. The van der Waals surface area contributed by atoms with Crippen LogP contribution < -0.4 is 15.4 Å². The van der Waals surface area contributed by atoms with E-state index in [2.05, 4.69) is 46.5 Å². The Bertz CT molecular complexity index is 642. The number of ether oxygens (including phenoxy) is 1. The summed E-state index contributed by atoms with van der Waals surface area (Å²) in [7, 11) is 0. The van der Waals surface area contributed by atoms with Gasteiger partial charge < -0.3 is 15.4 Å². The highest BCUT2D eigenvalue weighted by molar-refractivity contribution is 14.0. The number of para-hydroxylation sites is 1. The van der Waals surface area contributed by atoms with Crippen LogP contribution in [0, 0.1) is 0 Å². The Morgan fingerprint density at radius 1 is 1.04 bits per heavy atom. The van der Waals surface area contributed by atoms with Crippen molar-refractivity contribution in [3.05, 3.63) is 78.4 Å². The minimum absolute atomic E-state index is 0. The number of hydrogen-bond acceptors (Lipinski definition) is 2. The van der Waals surface area contributed by atoms with Crippen LogP contribution in [0.2, 0.25) is 0 Å². The quantitative estimate of drug-likeness (QED) is 0.275. The fourth-order valence-corrected chi connectivity index (χ4v) is 2.11. The molecule has 0 aliphatic carbocycles. The molecule has 134 valence electrons. The molecule has 0 aliphatic rings. The fourth-order valence-electron chi connectivity index (χ4n) is 2.11. The van der Waals surface area contributed by atoms with Gasteiger partial charge in [-0.05, 0) is 30.2 Å². The number of aliphatic imine (C=N–C) groups is 1. The maximum absolute atomic E-state index is 5.75. The van der Waals surface area contributed by atoms with E-state index < -0.39 is 0 Å². The summed E-state index contributed by atoms with van der Waals surface area (Å²) in [6.45, 7) is 8.48. The highest BCUT2D eigenvalue weighted by Gasteiger charge is 1.98. The standard InChI is InChI=1S/C20H25N3O.HI/c1-3-14-22-20(21-4-2)23-15-17-10-12-18(13-11-17)16-24-19-8-6-5-7-9-19;/h3,5-13H,1,4,14-16H2,2H3,(H2,21,22,23);1H. The Balaban J connectivity index is 0.00000312. The zero-order valence-corrected chi connectivity index (χ0v) is 16.9. The lowest BCUT2D eigenvalue weighted by Gasteiger charge is -2.10. The van der Waals surface area contributed by atoms with Crippen molar-refractivity contribution in [1.82, 2.24) is 10.6 Å². The Morgan fingerprint density at radius 2 is 1.72 bits per heavy atom. The van der Waals surface area contributed by atoms with Gasteiger partial charge >= 0.3 is 0 Å². The molecule has 0 bridgehead atoms. The molecule has 0 heterocycles. The van der Waals surface area contributed by atoms with Gasteiger partial charge in [0.15, 0.2) is 5.96 Å². The third kappa shape index (κ3) is 8.07. The van der Waals surface area contributed by atoms with Crippen LogP contribution >= 0.6 is 24.0 Å². The average molecular weight is 451 g/mol. The molecule has 0 aromatic heterocycles. The molecule has 0 radical (unpaired) electrons. The van der Waals surface area contributed by atoms with E-state index in [1.165, 1.54) is 0 Å². The van der Waals surface area contributed by atoms with Crippen LogP contribution in [0.4, 0.5) is 0 Å². The molecular weight excluding hydrogens is 425 g/mol. The Labute approximate surface area is 167 Å². The SMILES string of the molecule is C=CCNC(=NCc1ccc(COc2ccccc2)cc1)NCC.I. The normalized spacial score (nSPS) is 10.5. The topological polar surface area (TPSA) is 45.7 Å². The van der Waals surface area contributed by atoms with Crippen molar-refractivity contribution in [1.29, 1.82) is 0 Å². The molecule has 0 amide bonds. The van der Waals surface area contributed by atoms with Gasteiger partial charge in [0.25, 0.3) is 0 Å². The largest absolute Gasteiger partial charge is 0.489 e. The van der Waals surface area contributed by atoms with E-state index in [0.717, 1.165) is 29.4 Å². The zero-order valence-electron chi connectivity index (χ0n) is 14.6. The van der Waals surface area contributed by atoms with Gasteiger partial charge in [-0.1, -0.05) is 48.5 Å². The number of hydrogen-bond donors (Lipinski definition) is 2. The molecule has 5 heteroatoms. The molecule has 25 heavy (non-hydrogen) atoms. The molecule has 0 aliphatic heterocycles. The summed E-state index contributed by atoms with van der Waals surface area (Å²) in [5.41, 5.74) is 2.30. The van der Waals surface area contributed by atoms with E-state index in [9.17, 15) is 0 Å². The number of nitrogens with one attached hydrogen (secondary N) is 2. The first-order chi connectivity index (χ1) is 11.8. The minimum atomic E-state index is 0. The van der Waals surface area contributed by atoms with E-state index in [1.54, 1.807) is 0 Å². The van der Waals surface area contributed by atoms with Crippen LogP contribution in [0.3, 0.4) is 0 Å². The lowest BCUT2D eigenvalue weighted by Crippen LogP contribution is -2.37. The number of benzene rings is 2. The summed E-state index contributed by atoms with van der Waals surface area (Å²) in [6, 6.07) is 18.2. The molecule has 2 rings (SSSR count). The molecule has 2 aromatic rings. The first-order valence-corrected chi connectivity index (χ1v) is 8.20. The van der Waals surface area contributed by atoms with E-state index in [1.807, 2.05) is 43.3 Å². The monoisotopic (exact) mass is 451 g/mol. The zero-order chi connectivity index (χ0) is 17.0. The van der Waals surface area contributed by atoms with Gasteiger partial charge in [-0.15, -0.1) is 30.6 Å². The third-order valence-corrected chi connectivity index (χ3v) is 3.35. The van der Waals surface area contributed by atoms with Gasteiger partial charge in [-0.3, -0.25) is 0 Å². The smallest absolute Gasteiger partial charge is 0.191 e. The van der Waals surface area contributed by atoms with Crippen LogP contribution in [0.1, 0.15) is 18.1 Å². The summed E-state index contributed by atoms with van der Waals surface area (Å²) in [6.07, 6.45) is 1.81. The summed E-state index contributed by atoms with van der Waals surface area (Å²) < 4.78 is 5.75. The van der Waals surface area contributed by atoms with Crippen molar-refractivity contribution in [2.45, 2.75) is 20.1 Å². The van der Waals surface area contributed by atoms with Crippen LogP contribution in [0.25, 0.3) is 0 Å². The maximum atomic E-state index is 5.75. The van der Waals surface area contributed by atoms with Crippen molar-refractivity contribution in [3.63, 3.8) is 0 Å². The second-order valence-corrected chi connectivity index (χ2v) is 5.28. The van der Waals surface area contributed by atoms with Crippen LogP contribution in [-0.2, 0) is 13.2 Å².